The fraction of sp³-hybridized carbons (Fsp3) is 0.125. The van der Waals surface area contributed by atoms with Crippen LogP contribution in [-0.4, -0.2) is 26.0 Å². The Morgan fingerprint density at radius 3 is 2.33 bits per heavy atom. The van der Waals surface area contributed by atoms with E-state index in [4.69, 9.17) is 0 Å². The molecule has 2 aromatic heterocycles. The molecular weight excluding hydrogens is 264 g/mol. The summed E-state index contributed by atoms with van der Waals surface area (Å²) in [7, 11) is 0. The number of hydrogen-bond donors (Lipinski definition) is 0. The molecule has 0 bridgehead atoms. The van der Waals surface area contributed by atoms with E-state index in [-0.39, 0.29) is 0 Å². The third kappa shape index (κ3) is 2.45. The molecule has 104 valence electrons. The van der Waals surface area contributed by atoms with Crippen LogP contribution >= 0.6 is 0 Å². The van der Waals surface area contributed by atoms with Crippen LogP contribution in [0.2, 0.25) is 0 Å². The van der Waals surface area contributed by atoms with Crippen molar-refractivity contribution in [1.29, 1.82) is 0 Å². The first-order valence-corrected chi connectivity index (χ1v) is 6.60. The van der Waals surface area contributed by atoms with E-state index < -0.39 is 0 Å². The summed E-state index contributed by atoms with van der Waals surface area (Å²) < 4.78 is 1.61. The third-order valence-corrected chi connectivity index (χ3v) is 3.13. The van der Waals surface area contributed by atoms with Crippen molar-refractivity contribution < 1.29 is 4.79 Å². The third-order valence-electron chi connectivity index (χ3n) is 3.13. The average Bonchev–Trinajstić information content (AvgIpc) is 2.91. The second-order valence-corrected chi connectivity index (χ2v) is 4.79. The van der Waals surface area contributed by atoms with E-state index in [0.717, 1.165) is 23.2 Å². The first-order valence-electron chi connectivity index (χ1n) is 6.60. The minimum absolute atomic E-state index is 0.472. The Hall–Kier alpha value is -2.82. The SMILES string of the molecule is Cc1cc(C)nc(-n2ncc(C=O)c2-c2ccccc2)n1. The highest BCUT2D eigenvalue weighted by molar-refractivity contribution is 5.86. The van der Waals surface area contributed by atoms with E-state index in [1.165, 1.54) is 6.20 Å². The van der Waals surface area contributed by atoms with Crippen LogP contribution in [0.4, 0.5) is 0 Å². The van der Waals surface area contributed by atoms with Crippen molar-refractivity contribution >= 4 is 6.29 Å². The highest BCUT2D eigenvalue weighted by Crippen LogP contribution is 2.24. The summed E-state index contributed by atoms with van der Waals surface area (Å²) in [5.74, 6) is 0.472. The van der Waals surface area contributed by atoms with Crippen molar-refractivity contribution in [2.45, 2.75) is 13.8 Å². The molecule has 0 aliphatic carbocycles. The monoisotopic (exact) mass is 278 g/mol. The summed E-state index contributed by atoms with van der Waals surface area (Å²) in [5, 5.41) is 4.28. The Morgan fingerprint density at radius 2 is 1.71 bits per heavy atom. The van der Waals surface area contributed by atoms with Gasteiger partial charge >= 0.3 is 0 Å². The van der Waals surface area contributed by atoms with Gasteiger partial charge in [-0.25, -0.2) is 9.97 Å². The van der Waals surface area contributed by atoms with Crippen LogP contribution in [0.1, 0.15) is 21.7 Å². The highest BCUT2D eigenvalue weighted by Gasteiger charge is 2.15. The zero-order valence-corrected chi connectivity index (χ0v) is 11.8. The maximum atomic E-state index is 11.3. The molecule has 0 radical (unpaired) electrons. The summed E-state index contributed by atoms with van der Waals surface area (Å²) in [6, 6.07) is 11.5. The van der Waals surface area contributed by atoms with Crippen LogP contribution in [0.3, 0.4) is 0 Å². The van der Waals surface area contributed by atoms with Crippen LogP contribution in [0.25, 0.3) is 17.2 Å². The highest BCUT2D eigenvalue weighted by atomic mass is 16.1. The van der Waals surface area contributed by atoms with Gasteiger partial charge in [0.2, 0.25) is 0 Å². The summed E-state index contributed by atoms with van der Waals surface area (Å²) in [5.41, 5.74) is 3.85. The van der Waals surface area contributed by atoms with Crippen LogP contribution in [0, 0.1) is 13.8 Å². The first kappa shape index (κ1) is 13.2. The van der Waals surface area contributed by atoms with E-state index in [9.17, 15) is 4.79 Å². The lowest BCUT2D eigenvalue weighted by molar-refractivity contribution is 0.112. The Balaban J connectivity index is 2.24. The van der Waals surface area contributed by atoms with Crippen LogP contribution in [0.15, 0.2) is 42.6 Å². The van der Waals surface area contributed by atoms with Crippen molar-refractivity contribution in [3.63, 3.8) is 0 Å². The van der Waals surface area contributed by atoms with Gasteiger partial charge in [-0.1, -0.05) is 30.3 Å². The normalized spacial score (nSPS) is 10.6. The molecule has 0 N–H and O–H groups in total. The van der Waals surface area contributed by atoms with Gasteiger partial charge in [-0.15, -0.1) is 0 Å². The maximum absolute atomic E-state index is 11.3. The molecule has 0 atom stereocenters. The maximum Gasteiger partial charge on any atom is 0.251 e. The van der Waals surface area contributed by atoms with Gasteiger partial charge in [0.15, 0.2) is 6.29 Å². The standard InChI is InChI=1S/C16H14N4O/c1-11-8-12(2)19-16(18-11)20-15(14(10-21)9-17-20)13-6-4-3-5-7-13/h3-10H,1-2H3. The lowest BCUT2D eigenvalue weighted by Crippen LogP contribution is -2.07. The van der Waals surface area contributed by atoms with Crippen molar-refractivity contribution in [2.24, 2.45) is 0 Å². The first-order chi connectivity index (χ1) is 10.2. The quantitative estimate of drug-likeness (QED) is 0.691. The van der Waals surface area contributed by atoms with Crippen molar-refractivity contribution in [1.82, 2.24) is 19.7 Å². The smallest absolute Gasteiger partial charge is 0.251 e. The Kier molecular flexibility index (Phi) is 3.31. The molecule has 2 heterocycles. The number of aromatic nitrogens is 4. The van der Waals surface area contributed by atoms with Gasteiger partial charge in [-0.2, -0.15) is 9.78 Å². The topological polar surface area (TPSA) is 60.7 Å². The summed E-state index contributed by atoms with van der Waals surface area (Å²) >= 11 is 0. The van der Waals surface area contributed by atoms with Crippen LogP contribution in [-0.2, 0) is 0 Å². The number of aldehydes is 1. The minimum Gasteiger partial charge on any atom is -0.298 e. The van der Waals surface area contributed by atoms with Crippen LogP contribution in [0.5, 0.6) is 0 Å². The number of nitrogens with zero attached hydrogens (tertiary/aromatic N) is 4. The molecule has 1 aromatic carbocycles. The lowest BCUT2D eigenvalue weighted by atomic mass is 10.1. The van der Waals surface area contributed by atoms with Crippen molar-refractivity contribution in [2.75, 3.05) is 0 Å². The largest absolute Gasteiger partial charge is 0.298 e. The second kappa shape index (κ2) is 5.28. The number of aryl methyl sites for hydroxylation is 2. The predicted molar refractivity (Wildman–Crippen MR) is 79.5 cm³/mol. The molecular formula is C16H14N4O. The molecule has 3 aromatic rings. The molecule has 5 heteroatoms. The fourth-order valence-electron chi connectivity index (χ4n) is 2.29. The summed E-state index contributed by atoms with van der Waals surface area (Å²) in [6.07, 6.45) is 2.34. The molecule has 0 saturated carbocycles. The second-order valence-electron chi connectivity index (χ2n) is 4.79. The molecule has 0 aliphatic heterocycles. The van der Waals surface area contributed by atoms with Gasteiger partial charge in [-0.05, 0) is 19.9 Å². The van der Waals surface area contributed by atoms with Gasteiger partial charge in [-0.3, -0.25) is 4.79 Å². The molecule has 0 unspecified atom stereocenters. The van der Waals surface area contributed by atoms with Crippen molar-refractivity contribution in [3.8, 4) is 17.2 Å². The molecule has 0 saturated heterocycles. The van der Waals surface area contributed by atoms with Gasteiger partial charge in [0.25, 0.3) is 5.95 Å². The number of carbonyl (C=O) groups excluding carboxylic acids is 1. The Morgan fingerprint density at radius 1 is 1.05 bits per heavy atom. The number of hydrogen-bond acceptors (Lipinski definition) is 4. The number of carbonyl (C=O) groups is 1. The molecule has 0 amide bonds. The van der Waals surface area contributed by atoms with Gasteiger partial charge < -0.3 is 0 Å². The van der Waals surface area contributed by atoms with Gasteiger partial charge in [0.1, 0.15) is 0 Å². The average molecular weight is 278 g/mol. The van der Waals surface area contributed by atoms with Crippen molar-refractivity contribution in [3.05, 3.63) is 59.5 Å². The Labute approximate surface area is 122 Å². The molecule has 5 nitrogen and oxygen atoms in total. The van der Waals surface area contributed by atoms with E-state index >= 15 is 0 Å². The number of benzene rings is 1. The van der Waals surface area contributed by atoms with E-state index in [0.29, 0.717) is 17.2 Å². The molecule has 3 rings (SSSR count). The lowest BCUT2D eigenvalue weighted by Gasteiger charge is -2.08. The van der Waals surface area contributed by atoms with E-state index in [1.807, 2.05) is 50.2 Å². The molecule has 0 spiro atoms. The minimum atomic E-state index is 0.472. The Bertz CT molecular complexity index is 773. The molecule has 0 aliphatic rings. The fourth-order valence-corrected chi connectivity index (χ4v) is 2.29. The summed E-state index contributed by atoms with van der Waals surface area (Å²) in [6.45, 7) is 3.81. The number of rotatable bonds is 3. The summed E-state index contributed by atoms with van der Waals surface area (Å²) in [4.78, 5) is 20.1. The van der Waals surface area contributed by atoms with Gasteiger partial charge in [0, 0.05) is 17.0 Å². The van der Waals surface area contributed by atoms with E-state index in [1.54, 1.807) is 4.68 Å². The van der Waals surface area contributed by atoms with Crippen LogP contribution < -0.4 is 0 Å². The predicted octanol–water partition coefficient (Wildman–Crippen LogP) is 2.76. The van der Waals surface area contributed by atoms with Gasteiger partial charge in [0.05, 0.1) is 17.5 Å². The molecule has 0 fully saturated rings. The van der Waals surface area contributed by atoms with E-state index in [2.05, 4.69) is 15.1 Å². The molecule has 21 heavy (non-hydrogen) atoms. The zero-order chi connectivity index (χ0) is 14.8. The zero-order valence-electron chi connectivity index (χ0n) is 11.8.